The quantitative estimate of drug-likeness (QED) is 0.438. The van der Waals surface area contributed by atoms with Crippen LogP contribution < -0.4 is 11.1 Å². The molecule has 5 nitrogen and oxygen atoms in total. The number of nitrogens with two attached hydrogens (primary N) is 1. The van der Waals surface area contributed by atoms with Crippen molar-refractivity contribution in [2.75, 3.05) is 19.6 Å². The van der Waals surface area contributed by atoms with Gasteiger partial charge in [-0.15, -0.1) is 24.0 Å². The average molecular weight is 430 g/mol. The lowest BCUT2D eigenvalue weighted by atomic mass is 10.00. The van der Waals surface area contributed by atoms with Gasteiger partial charge < -0.3 is 16.0 Å². The molecule has 1 aliphatic rings. The third kappa shape index (κ3) is 6.01. The zero-order valence-electron chi connectivity index (χ0n) is 13.9. The summed E-state index contributed by atoms with van der Waals surface area (Å²) >= 11 is 0. The normalized spacial score (nSPS) is 15.9. The molecule has 1 heterocycles. The van der Waals surface area contributed by atoms with E-state index in [-0.39, 0.29) is 29.9 Å². The minimum atomic E-state index is -0.0421. The molecular weight excluding hydrogens is 403 g/mol. The fraction of sp³-hybridized carbons (Fsp3) is 0.529. The molecule has 128 valence electrons. The van der Waals surface area contributed by atoms with Crippen molar-refractivity contribution in [2.24, 2.45) is 16.6 Å². The van der Waals surface area contributed by atoms with Gasteiger partial charge in [-0.2, -0.15) is 0 Å². The number of hydrogen-bond donors (Lipinski definition) is 2. The molecule has 0 spiro atoms. The van der Waals surface area contributed by atoms with E-state index in [1.807, 2.05) is 31.2 Å². The Morgan fingerprint density at radius 1 is 1.30 bits per heavy atom. The maximum atomic E-state index is 11.7. The average Bonchev–Trinajstić information content (AvgIpc) is 2.54. The van der Waals surface area contributed by atoms with Crippen LogP contribution >= 0.6 is 24.0 Å². The third-order valence-electron chi connectivity index (χ3n) is 4.08. The van der Waals surface area contributed by atoms with Crippen molar-refractivity contribution in [3.63, 3.8) is 0 Å². The van der Waals surface area contributed by atoms with Crippen LogP contribution in [0, 0.1) is 5.92 Å². The van der Waals surface area contributed by atoms with Gasteiger partial charge in [0.25, 0.3) is 5.91 Å². The molecule has 0 bridgehead atoms. The standard InChI is InChI=1S/C17H26N4O.HI/c1-3-19-16(22)15-6-4-14(5-7-15)12-20-17(18)21-10-8-13(2)9-11-21;/h4-7,13H,3,8-12H2,1-2H3,(H2,18,20)(H,19,22);1H. The van der Waals surface area contributed by atoms with Gasteiger partial charge in [-0.1, -0.05) is 19.1 Å². The summed E-state index contributed by atoms with van der Waals surface area (Å²) in [5.41, 5.74) is 7.80. The Bertz CT molecular complexity index is 522. The highest BCUT2D eigenvalue weighted by Gasteiger charge is 2.16. The molecule has 2 rings (SSSR count). The molecule has 1 aromatic rings. The van der Waals surface area contributed by atoms with Crippen LogP contribution in [0.15, 0.2) is 29.3 Å². The Kier molecular flexibility index (Phi) is 8.36. The zero-order chi connectivity index (χ0) is 15.9. The van der Waals surface area contributed by atoms with Gasteiger partial charge in [-0.3, -0.25) is 4.79 Å². The van der Waals surface area contributed by atoms with E-state index in [0.29, 0.717) is 24.6 Å². The van der Waals surface area contributed by atoms with Gasteiger partial charge in [0.05, 0.1) is 6.54 Å². The van der Waals surface area contributed by atoms with Crippen molar-refractivity contribution in [3.8, 4) is 0 Å². The van der Waals surface area contributed by atoms with Gasteiger partial charge in [0, 0.05) is 25.2 Å². The SMILES string of the molecule is CCNC(=O)c1ccc(CN=C(N)N2CCC(C)CC2)cc1.I. The van der Waals surface area contributed by atoms with Crippen LogP contribution in [0.1, 0.15) is 42.6 Å². The Labute approximate surface area is 155 Å². The van der Waals surface area contributed by atoms with E-state index in [9.17, 15) is 4.79 Å². The zero-order valence-corrected chi connectivity index (χ0v) is 16.2. The van der Waals surface area contributed by atoms with Gasteiger partial charge in [-0.05, 0) is 43.4 Å². The Balaban J connectivity index is 0.00000264. The molecule has 3 N–H and O–H groups in total. The van der Waals surface area contributed by atoms with Gasteiger partial charge in [0.15, 0.2) is 5.96 Å². The van der Waals surface area contributed by atoms with Crippen LogP contribution in [0.5, 0.6) is 0 Å². The van der Waals surface area contributed by atoms with Crippen LogP contribution in [0.4, 0.5) is 0 Å². The van der Waals surface area contributed by atoms with E-state index >= 15 is 0 Å². The molecule has 0 atom stereocenters. The second-order valence-electron chi connectivity index (χ2n) is 5.90. The first-order valence-corrected chi connectivity index (χ1v) is 8.02. The Morgan fingerprint density at radius 3 is 2.48 bits per heavy atom. The number of likely N-dealkylation sites (tertiary alicyclic amines) is 1. The summed E-state index contributed by atoms with van der Waals surface area (Å²) in [6, 6.07) is 7.52. The fourth-order valence-corrected chi connectivity index (χ4v) is 2.53. The molecule has 0 aliphatic carbocycles. The maximum absolute atomic E-state index is 11.7. The molecule has 1 fully saturated rings. The third-order valence-corrected chi connectivity index (χ3v) is 4.08. The summed E-state index contributed by atoms with van der Waals surface area (Å²) in [5.74, 6) is 1.37. The van der Waals surface area contributed by atoms with Gasteiger partial charge in [-0.25, -0.2) is 4.99 Å². The highest BCUT2D eigenvalue weighted by atomic mass is 127. The van der Waals surface area contributed by atoms with E-state index in [0.717, 1.165) is 24.6 Å². The summed E-state index contributed by atoms with van der Waals surface area (Å²) in [4.78, 5) is 18.3. The van der Waals surface area contributed by atoms with Gasteiger partial charge >= 0.3 is 0 Å². The van der Waals surface area contributed by atoms with Crippen LogP contribution in [0.3, 0.4) is 0 Å². The number of aliphatic imine (C=N–C) groups is 1. The molecule has 0 unspecified atom stereocenters. The lowest BCUT2D eigenvalue weighted by Crippen LogP contribution is -2.42. The number of halogens is 1. The molecular formula is C17H27IN4O. The molecule has 0 saturated carbocycles. The van der Waals surface area contributed by atoms with E-state index in [4.69, 9.17) is 5.73 Å². The monoisotopic (exact) mass is 430 g/mol. The number of amides is 1. The van der Waals surface area contributed by atoms with Gasteiger partial charge in [0.1, 0.15) is 0 Å². The highest BCUT2D eigenvalue weighted by molar-refractivity contribution is 14.0. The van der Waals surface area contributed by atoms with E-state index < -0.39 is 0 Å². The van der Waals surface area contributed by atoms with Crippen molar-refractivity contribution >= 4 is 35.8 Å². The number of hydrogen-bond acceptors (Lipinski definition) is 2. The second kappa shape index (κ2) is 9.75. The van der Waals surface area contributed by atoms with Crippen molar-refractivity contribution in [1.82, 2.24) is 10.2 Å². The van der Waals surface area contributed by atoms with Crippen molar-refractivity contribution in [3.05, 3.63) is 35.4 Å². The lowest BCUT2D eigenvalue weighted by Gasteiger charge is -2.31. The van der Waals surface area contributed by atoms with Crippen molar-refractivity contribution in [1.29, 1.82) is 0 Å². The molecule has 0 aromatic heterocycles. The molecule has 23 heavy (non-hydrogen) atoms. The molecule has 1 aliphatic heterocycles. The smallest absolute Gasteiger partial charge is 0.251 e. The number of benzene rings is 1. The molecule has 0 radical (unpaired) electrons. The molecule has 1 aromatic carbocycles. The van der Waals surface area contributed by atoms with Crippen LogP contribution in [0.25, 0.3) is 0 Å². The number of carbonyl (C=O) groups is 1. The number of rotatable bonds is 4. The second-order valence-corrected chi connectivity index (χ2v) is 5.90. The molecule has 6 heteroatoms. The van der Waals surface area contributed by atoms with Crippen molar-refractivity contribution < 1.29 is 4.79 Å². The number of nitrogens with zero attached hydrogens (tertiary/aromatic N) is 2. The first-order valence-electron chi connectivity index (χ1n) is 8.02. The Morgan fingerprint density at radius 2 is 1.91 bits per heavy atom. The number of nitrogens with one attached hydrogen (secondary N) is 1. The summed E-state index contributed by atoms with van der Waals surface area (Å²) in [5, 5.41) is 2.78. The summed E-state index contributed by atoms with van der Waals surface area (Å²) in [6.07, 6.45) is 2.36. The predicted molar refractivity (Wildman–Crippen MR) is 105 cm³/mol. The fourth-order valence-electron chi connectivity index (χ4n) is 2.53. The maximum Gasteiger partial charge on any atom is 0.251 e. The van der Waals surface area contributed by atoms with Crippen molar-refractivity contribution in [2.45, 2.75) is 33.2 Å². The highest BCUT2D eigenvalue weighted by Crippen LogP contribution is 2.15. The summed E-state index contributed by atoms with van der Waals surface area (Å²) in [6.45, 7) is 7.36. The van der Waals surface area contributed by atoms with Crippen LogP contribution in [-0.4, -0.2) is 36.4 Å². The Hall–Kier alpha value is -1.31. The largest absolute Gasteiger partial charge is 0.370 e. The van der Waals surface area contributed by atoms with E-state index in [1.165, 1.54) is 12.8 Å². The molecule has 1 amide bonds. The topological polar surface area (TPSA) is 70.7 Å². The number of guanidine groups is 1. The minimum Gasteiger partial charge on any atom is -0.370 e. The van der Waals surface area contributed by atoms with E-state index in [1.54, 1.807) is 0 Å². The molecule has 1 saturated heterocycles. The first kappa shape index (κ1) is 19.7. The minimum absolute atomic E-state index is 0. The predicted octanol–water partition coefficient (Wildman–Crippen LogP) is 2.60. The van der Waals surface area contributed by atoms with Gasteiger partial charge in [0.2, 0.25) is 0 Å². The van der Waals surface area contributed by atoms with E-state index in [2.05, 4.69) is 22.1 Å². The number of piperidine rings is 1. The summed E-state index contributed by atoms with van der Waals surface area (Å²) < 4.78 is 0. The lowest BCUT2D eigenvalue weighted by molar-refractivity contribution is 0.0956. The first-order chi connectivity index (χ1) is 10.6. The number of carbonyl (C=O) groups excluding carboxylic acids is 1. The van der Waals surface area contributed by atoms with Crippen LogP contribution in [-0.2, 0) is 6.54 Å². The summed E-state index contributed by atoms with van der Waals surface area (Å²) in [7, 11) is 0. The van der Waals surface area contributed by atoms with Crippen LogP contribution in [0.2, 0.25) is 0 Å².